The van der Waals surface area contributed by atoms with Crippen LogP contribution in [0.25, 0.3) is 10.9 Å². The van der Waals surface area contributed by atoms with E-state index >= 15 is 0 Å². The molecule has 0 radical (unpaired) electrons. The molecule has 1 atom stereocenters. The Labute approximate surface area is 147 Å². The van der Waals surface area contributed by atoms with Gasteiger partial charge in [0.05, 0.1) is 10.9 Å². The summed E-state index contributed by atoms with van der Waals surface area (Å²) < 4.78 is 12.8. The van der Waals surface area contributed by atoms with E-state index in [1.165, 1.54) is 0 Å². The van der Waals surface area contributed by atoms with Gasteiger partial charge in [-0.05, 0) is 32.4 Å². The van der Waals surface area contributed by atoms with E-state index < -0.39 is 22.0 Å². The van der Waals surface area contributed by atoms with Crippen LogP contribution in [0.3, 0.4) is 0 Å². The molecular formula is C17H21N3O4S. The van der Waals surface area contributed by atoms with Gasteiger partial charge in [-0.1, -0.05) is 12.1 Å². The molecule has 25 heavy (non-hydrogen) atoms. The molecule has 0 aliphatic carbocycles. The molecule has 2 heterocycles. The van der Waals surface area contributed by atoms with Crippen LogP contribution < -0.4 is 11.2 Å². The van der Waals surface area contributed by atoms with Gasteiger partial charge in [0.2, 0.25) is 5.91 Å². The van der Waals surface area contributed by atoms with E-state index in [2.05, 4.69) is 4.98 Å². The maximum Gasteiger partial charge on any atom is 0.329 e. The normalized spacial score (nSPS) is 20.4. The van der Waals surface area contributed by atoms with Crippen molar-refractivity contribution in [2.75, 3.05) is 18.8 Å². The molecule has 0 bridgehead atoms. The number of nitrogens with zero attached hydrogens (tertiary/aromatic N) is 2. The van der Waals surface area contributed by atoms with E-state index in [0.29, 0.717) is 36.2 Å². The molecular weight excluding hydrogens is 342 g/mol. The zero-order valence-electron chi connectivity index (χ0n) is 14.3. The zero-order chi connectivity index (χ0) is 18.2. The van der Waals surface area contributed by atoms with Gasteiger partial charge in [-0.15, -0.1) is 0 Å². The summed E-state index contributed by atoms with van der Waals surface area (Å²) >= 11 is 0. The van der Waals surface area contributed by atoms with E-state index in [1.54, 1.807) is 29.2 Å². The topological polar surface area (TPSA) is 92.2 Å². The van der Waals surface area contributed by atoms with Crippen LogP contribution in [0.15, 0.2) is 33.9 Å². The quantitative estimate of drug-likeness (QED) is 0.838. The van der Waals surface area contributed by atoms with E-state index in [1.807, 2.05) is 13.8 Å². The van der Waals surface area contributed by atoms with Crippen molar-refractivity contribution in [2.45, 2.75) is 31.6 Å². The maximum absolute atomic E-state index is 12.6. The highest BCUT2D eigenvalue weighted by molar-refractivity contribution is 7.86. The molecule has 1 amide bonds. The number of aromatic nitrogens is 2. The summed E-state index contributed by atoms with van der Waals surface area (Å²) in [5.74, 6) is 0.0967. The van der Waals surface area contributed by atoms with Gasteiger partial charge >= 0.3 is 5.69 Å². The molecule has 1 saturated heterocycles. The number of amides is 1. The molecule has 1 fully saturated rings. The van der Waals surface area contributed by atoms with E-state index in [4.69, 9.17) is 0 Å². The van der Waals surface area contributed by atoms with Crippen LogP contribution in [-0.2, 0) is 22.1 Å². The Morgan fingerprint density at radius 2 is 1.96 bits per heavy atom. The predicted molar refractivity (Wildman–Crippen MR) is 97.1 cm³/mol. The summed E-state index contributed by atoms with van der Waals surface area (Å²) in [7, 11) is -1.01. The highest BCUT2D eigenvalue weighted by Crippen LogP contribution is 2.21. The second kappa shape index (κ2) is 6.59. The van der Waals surface area contributed by atoms with Crippen molar-refractivity contribution in [1.29, 1.82) is 0 Å². The predicted octanol–water partition coefficient (Wildman–Crippen LogP) is 0.449. The van der Waals surface area contributed by atoms with Crippen molar-refractivity contribution in [3.8, 4) is 0 Å². The number of rotatable bonds is 2. The van der Waals surface area contributed by atoms with Crippen molar-refractivity contribution >= 4 is 27.6 Å². The Balaban J connectivity index is 1.86. The van der Waals surface area contributed by atoms with Crippen LogP contribution in [0.1, 0.15) is 20.3 Å². The summed E-state index contributed by atoms with van der Waals surface area (Å²) in [5, 5.41) is 0.369. The van der Waals surface area contributed by atoms with Crippen molar-refractivity contribution in [1.82, 2.24) is 14.5 Å². The average Bonchev–Trinajstić information content (AvgIpc) is 2.70. The molecule has 0 spiro atoms. The third kappa shape index (κ3) is 3.44. The van der Waals surface area contributed by atoms with E-state index in [9.17, 15) is 18.6 Å². The molecule has 1 N–H and O–H groups in total. The Morgan fingerprint density at radius 3 is 2.72 bits per heavy atom. The number of carbonyl (C=O) groups excluding carboxylic acids is 1. The van der Waals surface area contributed by atoms with Crippen LogP contribution in [0, 0.1) is 0 Å². The second-order valence-corrected chi connectivity index (χ2v) is 9.01. The number of hydrogen-bond donors (Lipinski definition) is 1. The average molecular weight is 363 g/mol. The van der Waals surface area contributed by atoms with Crippen LogP contribution >= 0.6 is 0 Å². The van der Waals surface area contributed by atoms with Gasteiger partial charge in [-0.2, -0.15) is 0 Å². The molecule has 7 nitrogen and oxygen atoms in total. The fraction of sp³-hybridized carbons (Fsp3) is 0.471. The lowest BCUT2D eigenvalue weighted by molar-refractivity contribution is -0.131. The van der Waals surface area contributed by atoms with Crippen molar-refractivity contribution < 1.29 is 9.00 Å². The highest BCUT2D eigenvalue weighted by atomic mass is 32.2. The van der Waals surface area contributed by atoms with Crippen LogP contribution in [0.5, 0.6) is 0 Å². The number of benzene rings is 1. The molecule has 0 saturated carbocycles. The van der Waals surface area contributed by atoms with Gasteiger partial charge in [0.25, 0.3) is 5.56 Å². The monoisotopic (exact) mass is 363 g/mol. The number of hydrogen-bond acceptors (Lipinski definition) is 4. The molecule has 8 heteroatoms. The van der Waals surface area contributed by atoms with Crippen molar-refractivity contribution in [3.63, 3.8) is 0 Å². The first kappa shape index (κ1) is 17.6. The molecule has 1 unspecified atom stereocenters. The smallest absolute Gasteiger partial charge is 0.329 e. The first-order chi connectivity index (χ1) is 11.8. The summed E-state index contributed by atoms with van der Waals surface area (Å²) in [6, 6.07) is 6.70. The van der Waals surface area contributed by atoms with Crippen LogP contribution in [0.4, 0.5) is 0 Å². The minimum atomic E-state index is -1.01. The largest absolute Gasteiger partial charge is 0.340 e. The third-order valence-corrected chi connectivity index (χ3v) is 6.67. The Kier molecular flexibility index (Phi) is 4.64. The molecule has 134 valence electrons. The lowest BCUT2D eigenvalue weighted by Crippen LogP contribution is -2.43. The number of nitrogens with one attached hydrogen (secondary N) is 1. The summed E-state index contributed by atoms with van der Waals surface area (Å²) in [6.07, 6.45) is 0.619. The number of carbonyl (C=O) groups is 1. The SMILES string of the molecule is CC1(C)CCN(C(=O)Cn2c(=O)[nH]c3ccccc3c2=O)CCS1=O. The molecule has 1 aromatic carbocycles. The number of para-hydroxylation sites is 1. The molecule has 2 aromatic rings. The number of fused-ring (bicyclic) bond motifs is 1. The Hall–Kier alpha value is -2.22. The van der Waals surface area contributed by atoms with Crippen LogP contribution in [0.2, 0.25) is 0 Å². The summed E-state index contributed by atoms with van der Waals surface area (Å²) in [6.45, 7) is 4.38. The van der Waals surface area contributed by atoms with E-state index in [-0.39, 0.29) is 17.2 Å². The minimum absolute atomic E-state index is 0.308. The molecule has 3 rings (SSSR count). The van der Waals surface area contributed by atoms with Gasteiger partial charge in [-0.3, -0.25) is 18.4 Å². The lowest BCUT2D eigenvalue weighted by atomic mass is 10.1. The molecule has 1 aromatic heterocycles. The van der Waals surface area contributed by atoms with Crippen molar-refractivity contribution in [2.24, 2.45) is 0 Å². The first-order valence-corrected chi connectivity index (χ1v) is 9.49. The molecule has 1 aliphatic heterocycles. The van der Waals surface area contributed by atoms with Gasteiger partial charge in [-0.25, -0.2) is 4.79 Å². The Bertz CT molecular complexity index is 960. The Morgan fingerprint density at radius 1 is 1.24 bits per heavy atom. The van der Waals surface area contributed by atoms with Gasteiger partial charge < -0.3 is 9.88 Å². The number of H-pyrrole nitrogens is 1. The summed E-state index contributed by atoms with van der Waals surface area (Å²) in [5.41, 5.74) is -0.629. The maximum atomic E-state index is 12.6. The lowest BCUT2D eigenvalue weighted by Gasteiger charge is -2.22. The minimum Gasteiger partial charge on any atom is -0.340 e. The second-order valence-electron chi connectivity index (χ2n) is 6.81. The first-order valence-electron chi connectivity index (χ1n) is 8.18. The zero-order valence-corrected chi connectivity index (χ0v) is 15.1. The van der Waals surface area contributed by atoms with E-state index in [0.717, 1.165) is 4.57 Å². The number of aromatic amines is 1. The van der Waals surface area contributed by atoms with Gasteiger partial charge in [0, 0.05) is 34.4 Å². The molecule has 1 aliphatic rings. The third-order valence-electron chi connectivity index (χ3n) is 4.68. The standard InChI is InChI=1S/C17H21N3O4S/c1-17(2)7-8-19(9-10-25(17)24)14(21)11-20-15(22)12-5-3-4-6-13(12)18-16(20)23/h3-6H,7-11H2,1-2H3,(H,18,23). The fourth-order valence-corrected chi connectivity index (χ4v) is 4.18. The van der Waals surface area contributed by atoms with Crippen LogP contribution in [-0.4, -0.2) is 48.2 Å². The summed E-state index contributed by atoms with van der Waals surface area (Å²) in [4.78, 5) is 41.5. The van der Waals surface area contributed by atoms with Gasteiger partial charge in [0.15, 0.2) is 0 Å². The van der Waals surface area contributed by atoms with Gasteiger partial charge in [0.1, 0.15) is 6.54 Å². The van der Waals surface area contributed by atoms with Crippen molar-refractivity contribution in [3.05, 3.63) is 45.1 Å². The highest BCUT2D eigenvalue weighted by Gasteiger charge is 2.31. The fourth-order valence-electron chi connectivity index (χ4n) is 2.93.